The predicted octanol–water partition coefficient (Wildman–Crippen LogP) is 6.91. The summed E-state index contributed by atoms with van der Waals surface area (Å²) in [5, 5.41) is 4.96. The first-order valence-electron chi connectivity index (χ1n) is 12.8. The van der Waals surface area contributed by atoms with Crippen LogP contribution in [-0.4, -0.2) is 28.3 Å². The molecule has 6 nitrogen and oxygen atoms in total. The van der Waals surface area contributed by atoms with Gasteiger partial charge in [-0.25, -0.2) is 4.98 Å². The van der Waals surface area contributed by atoms with Crippen molar-refractivity contribution in [2.45, 2.75) is 52.6 Å². The van der Waals surface area contributed by atoms with Crippen molar-refractivity contribution < 1.29 is 22.6 Å². The average Bonchev–Trinajstić information content (AvgIpc) is 3.47. The summed E-state index contributed by atoms with van der Waals surface area (Å²) in [6.45, 7) is 6.14. The molecule has 0 spiro atoms. The first-order valence-corrected chi connectivity index (χ1v) is 12.8. The quantitative estimate of drug-likeness (QED) is 0.247. The normalized spacial score (nSPS) is 14.8. The molecular weight excluding hydrogens is 529 g/mol. The second kappa shape index (κ2) is 10.4. The van der Waals surface area contributed by atoms with Gasteiger partial charge in [-0.2, -0.15) is 22.8 Å². The standard InChI is InChI=1S/C29H29F3N4O2.ClH/c1-17-12-22(37-3)10-11-23(17)26-18(2)34-36-27(26)33-25-16-38-15-24(25)28(36)35(13-19-4-5-19)14-20-6-8-21(9-7-20)29(30,31)32;/h6-12,19H,4-5,13-16H2,1-3H3;1H. The van der Waals surface area contributed by atoms with Gasteiger partial charge in [0.15, 0.2) is 5.65 Å². The molecule has 0 unspecified atom stereocenters. The number of hydrogen-bond donors (Lipinski definition) is 0. The topological polar surface area (TPSA) is 51.9 Å². The molecule has 2 aliphatic rings. The van der Waals surface area contributed by atoms with Crippen molar-refractivity contribution in [1.29, 1.82) is 0 Å². The van der Waals surface area contributed by atoms with E-state index < -0.39 is 11.7 Å². The number of methoxy groups -OCH3 is 1. The third-order valence-corrected chi connectivity index (χ3v) is 7.41. The molecular formula is C29H30ClF3N4O2. The van der Waals surface area contributed by atoms with E-state index in [-0.39, 0.29) is 12.4 Å². The highest BCUT2D eigenvalue weighted by Gasteiger charge is 2.33. The van der Waals surface area contributed by atoms with E-state index in [1.807, 2.05) is 36.6 Å². The number of rotatable bonds is 7. The Morgan fingerprint density at radius 2 is 1.82 bits per heavy atom. The molecule has 1 saturated carbocycles. The lowest BCUT2D eigenvalue weighted by Crippen LogP contribution is -2.29. The van der Waals surface area contributed by atoms with Crippen LogP contribution in [0.2, 0.25) is 0 Å². The van der Waals surface area contributed by atoms with E-state index >= 15 is 0 Å². The number of fused-ring (bicyclic) bond motifs is 2. The van der Waals surface area contributed by atoms with Crippen LogP contribution in [0.1, 0.15) is 46.5 Å². The van der Waals surface area contributed by atoms with Crippen LogP contribution in [0, 0.1) is 19.8 Å². The van der Waals surface area contributed by atoms with Gasteiger partial charge in [-0.05, 0) is 73.6 Å². The van der Waals surface area contributed by atoms with Gasteiger partial charge in [0, 0.05) is 24.2 Å². The Morgan fingerprint density at radius 1 is 1.08 bits per heavy atom. The van der Waals surface area contributed by atoms with E-state index in [1.54, 1.807) is 19.2 Å². The summed E-state index contributed by atoms with van der Waals surface area (Å²) in [4.78, 5) is 7.26. The molecule has 0 saturated heterocycles. The predicted molar refractivity (Wildman–Crippen MR) is 145 cm³/mol. The van der Waals surface area contributed by atoms with Gasteiger partial charge in [0.05, 0.1) is 37.3 Å². The molecule has 6 rings (SSSR count). The Bertz CT molecular complexity index is 1510. The van der Waals surface area contributed by atoms with Gasteiger partial charge in [0.1, 0.15) is 11.6 Å². The fourth-order valence-corrected chi connectivity index (χ4v) is 5.28. The van der Waals surface area contributed by atoms with Crippen molar-refractivity contribution in [3.63, 3.8) is 0 Å². The Balaban J connectivity index is 0.00000308. The van der Waals surface area contributed by atoms with Gasteiger partial charge in [-0.3, -0.25) is 0 Å². The number of aromatic nitrogens is 3. The van der Waals surface area contributed by atoms with Gasteiger partial charge in [0.25, 0.3) is 0 Å². The number of halogens is 4. The number of nitrogens with zero attached hydrogens (tertiary/aromatic N) is 4. The summed E-state index contributed by atoms with van der Waals surface area (Å²) in [6.07, 6.45) is -2.07. The fraction of sp³-hybridized carbons (Fsp3) is 0.379. The van der Waals surface area contributed by atoms with E-state index in [2.05, 4.69) is 4.90 Å². The minimum Gasteiger partial charge on any atom is -0.497 e. The largest absolute Gasteiger partial charge is 0.497 e. The molecule has 1 aliphatic carbocycles. The van der Waals surface area contributed by atoms with Gasteiger partial charge in [0.2, 0.25) is 0 Å². The highest BCUT2D eigenvalue weighted by Crippen LogP contribution is 2.39. The summed E-state index contributed by atoms with van der Waals surface area (Å²) in [5.41, 5.74) is 6.71. The van der Waals surface area contributed by atoms with Crippen molar-refractivity contribution in [3.8, 4) is 16.9 Å². The third kappa shape index (κ3) is 5.17. The van der Waals surface area contributed by atoms with E-state index in [0.717, 1.165) is 87.9 Å². The van der Waals surface area contributed by atoms with Crippen LogP contribution >= 0.6 is 12.4 Å². The highest BCUT2D eigenvalue weighted by atomic mass is 35.5. The lowest BCUT2D eigenvalue weighted by Gasteiger charge is -2.27. The molecule has 0 atom stereocenters. The molecule has 1 aliphatic heterocycles. The Morgan fingerprint density at radius 3 is 2.46 bits per heavy atom. The molecule has 206 valence electrons. The van der Waals surface area contributed by atoms with Crippen molar-refractivity contribution in [3.05, 3.63) is 76.1 Å². The van der Waals surface area contributed by atoms with Gasteiger partial charge in [-0.15, -0.1) is 12.4 Å². The zero-order valence-electron chi connectivity index (χ0n) is 22.0. The summed E-state index contributed by atoms with van der Waals surface area (Å²) in [6, 6.07) is 11.4. The number of alkyl halides is 3. The molecule has 3 heterocycles. The van der Waals surface area contributed by atoms with Crippen LogP contribution in [0.3, 0.4) is 0 Å². The fourth-order valence-electron chi connectivity index (χ4n) is 5.28. The second-order valence-electron chi connectivity index (χ2n) is 10.2. The molecule has 1 fully saturated rings. The molecule has 2 aromatic heterocycles. The molecule has 4 aromatic rings. The molecule has 2 aromatic carbocycles. The molecule has 0 N–H and O–H groups in total. The first-order chi connectivity index (χ1) is 18.2. The van der Waals surface area contributed by atoms with Crippen LogP contribution in [0.5, 0.6) is 5.75 Å². The molecule has 0 amide bonds. The lowest BCUT2D eigenvalue weighted by atomic mass is 10.0. The van der Waals surface area contributed by atoms with Crippen molar-refractivity contribution in [2.24, 2.45) is 5.92 Å². The number of ether oxygens (including phenoxy) is 2. The summed E-state index contributed by atoms with van der Waals surface area (Å²) in [5.74, 6) is 2.25. The Labute approximate surface area is 231 Å². The minimum absolute atomic E-state index is 0. The Hall–Kier alpha value is -3.30. The van der Waals surface area contributed by atoms with E-state index in [1.165, 1.54) is 0 Å². The molecule has 10 heteroatoms. The monoisotopic (exact) mass is 558 g/mol. The minimum atomic E-state index is -4.36. The van der Waals surface area contributed by atoms with Crippen LogP contribution in [0.25, 0.3) is 16.8 Å². The summed E-state index contributed by atoms with van der Waals surface area (Å²) >= 11 is 0. The smallest absolute Gasteiger partial charge is 0.416 e. The first kappa shape index (κ1) is 27.3. The van der Waals surface area contributed by atoms with Gasteiger partial charge in [-0.1, -0.05) is 18.2 Å². The maximum atomic E-state index is 13.2. The maximum absolute atomic E-state index is 13.2. The van der Waals surface area contributed by atoms with Crippen LogP contribution in [0.15, 0.2) is 42.5 Å². The molecule has 0 bridgehead atoms. The highest BCUT2D eigenvalue weighted by molar-refractivity contribution is 5.85. The maximum Gasteiger partial charge on any atom is 0.416 e. The van der Waals surface area contributed by atoms with Crippen molar-refractivity contribution in [1.82, 2.24) is 14.6 Å². The van der Waals surface area contributed by atoms with Crippen LogP contribution < -0.4 is 9.64 Å². The van der Waals surface area contributed by atoms with Gasteiger partial charge >= 0.3 is 6.18 Å². The zero-order chi connectivity index (χ0) is 26.6. The molecule has 39 heavy (non-hydrogen) atoms. The average molecular weight is 559 g/mol. The van der Waals surface area contributed by atoms with E-state index in [0.29, 0.717) is 25.7 Å². The van der Waals surface area contributed by atoms with Crippen LogP contribution in [-0.2, 0) is 30.7 Å². The zero-order valence-corrected chi connectivity index (χ0v) is 22.8. The van der Waals surface area contributed by atoms with Gasteiger partial charge < -0.3 is 14.4 Å². The number of benzene rings is 2. The number of aryl methyl sites for hydroxylation is 2. The number of anilines is 1. The van der Waals surface area contributed by atoms with E-state index in [4.69, 9.17) is 19.6 Å². The van der Waals surface area contributed by atoms with Crippen molar-refractivity contribution >= 4 is 23.9 Å². The second-order valence-corrected chi connectivity index (χ2v) is 10.2. The SMILES string of the molecule is COc1ccc(-c2c(C)nn3c(N(Cc4ccc(C(F)(F)F)cc4)CC4CC4)c4c(nc23)COC4)c(C)c1.Cl. The Kier molecular flexibility index (Phi) is 7.24. The number of hydrogen-bond acceptors (Lipinski definition) is 5. The molecule has 0 radical (unpaired) electrons. The summed E-state index contributed by atoms with van der Waals surface area (Å²) < 4.78 is 52.6. The third-order valence-electron chi connectivity index (χ3n) is 7.41. The van der Waals surface area contributed by atoms with Crippen LogP contribution in [0.4, 0.5) is 19.0 Å². The van der Waals surface area contributed by atoms with Crippen molar-refractivity contribution in [2.75, 3.05) is 18.6 Å². The van der Waals surface area contributed by atoms with E-state index in [9.17, 15) is 13.2 Å². The summed E-state index contributed by atoms with van der Waals surface area (Å²) in [7, 11) is 1.65. The lowest BCUT2D eigenvalue weighted by molar-refractivity contribution is -0.137.